The van der Waals surface area contributed by atoms with E-state index in [9.17, 15) is 9.59 Å². The van der Waals surface area contributed by atoms with Gasteiger partial charge in [-0.1, -0.05) is 17.7 Å². The molecule has 0 aliphatic carbocycles. The molecule has 7 heteroatoms. The fourth-order valence-electron chi connectivity index (χ4n) is 3.47. The summed E-state index contributed by atoms with van der Waals surface area (Å²) in [6, 6.07) is 19.5. The first-order valence-electron chi connectivity index (χ1n) is 10.4. The molecule has 4 aromatic rings. The van der Waals surface area contributed by atoms with Gasteiger partial charge in [0.1, 0.15) is 11.6 Å². The lowest BCUT2D eigenvalue weighted by atomic mass is 10.2. The number of aromatic nitrogens is 2. The van der Waals surface area contributed by atoms with Crippen molar-refractivity contribution in [3.05, 3.63) is 88.5 Å². The van der Waals surface area contributed by atoms with Crippen LogP contribution in [0.25, 0.3) is 16.6 Å². The van der Waals surface area contributed by atoms with Crippen LogP contribution in [-0.4, -0.2) is 22.2 Å². The summed E-state index contributed by atoms with van der Waals surface area (Å²) in [6.45, 7) is 6.29. The van der Waals surface area contributed by atoms with E-state index < -0.39 is 6.03 Å². The number of hydrogen-bond donors (Lipinski definition) is 2. The molecule has 1 aromatic heterocycles. The molecule has 0 radical (unpaired) electrons. The van der Waals surface area contributed by atoms with Crippen LogP contribution in [0.1, 0.15) is 18.3 Å². The smallest absolute Gasteiger partial charge is 0.323 e. The molecule has 7 nitrogen and oxygen atoms in total. The second-order valence-corrected chi connectivity index (χ2v) is 7.40. The Labute approximate surface area is 185 Å². The standard InChI is InChI=1S/C25H24N4O3/c1-4-32-21-12-7-18(8-13-21)27-25(31)28-19-9-14-23-22(15-19)24(30)29(17(3)26-23)20-10-5-16(2)6-11-20/h5-15H,4H2,1-3H3,(H2,27,28,31). The SMILES string of the molecule is CCOc1ccc(NC(=O)Nc2ccc3nc(C)n(-c4ccc(C)cc4)c(=O)c3c2)cc1. The molecule has 3 aromatic carbocycles. The minimum absolute atomic E-state index is 0.188. The second-order valence-electron chi connectivity index (χ2n) is 7.40. The Kier molecular flexibility index (Phi) is 5.89. The van der Waals surface area contributed by atoms with Crippen molar-refractivity contribution in [1.82, 2.24) is 9.55 Å². The van der Waals surface area contributed by atoms with Crippen molar-refractivity contribution < 1.29 is 9.53 Å². The van der Waals surface area contributed by atoms with E-state index in [0.717, 1.165) is 17.0 Å². The number of benzene rings is 3. The lowest BCUT2D eigenvalue weighted by molar-refractivity contribution is 0.262. The van der Waals surface area contributed by atoms with Crippen LogP contribution in [0.5, 0.6) is 5.75 Å². The van der Waals surface area contributed by atoms with Gasteiger partial charge in [-0.25, -0.2) is 9.78 Å². The van der Waals surface area contributed by atoms with E-state index in [2.05, 4.69) is 15.6 Å². The Bertz CT molecular complexity index is 1330. The quantitative estimate of drug-likeness (QED) is 0.466. The van der Waals surface area contributed by atoms with Crippen LogP contribution in [0.4, 0.5) is 16.2 Å². The minimum atomic E-state index is -0.410. The Balaban J connectivity index is 1.59. The summed E-state index contributed by atoms with van der Waals surface area (Å²) in [7, 11) is 0. The van der Waals surface area contributed by atoms with Crippen molar-refractivity contribution in [1.29, 1.82) is 0 Å². The number of urea groups is 1. The molecule has 2 amide bonds. The first kappa shape index (κ1) is 21.1. The number of carbonyl (C=O) groups excluding carboxylic acids is 1. The number of hydrogen-bond acceptors (Lipinski definition) is 4. The number of ether oxygens (including phenoxy) is 1. The van der Waals surface area contributed by atoms with Crippen LogP contribution in [0.15, 0.2) is 71.5 Å². The maximum atomic E-state index is 13.2. The normalized spacial score (nSPS) is 10.7. The van der Waals surface area contributed by atoms with Crippen LogP contribution < -0.4 is 20.9 Å². The van der Waals surface area contributed by atoms with E-state index >= 15 is 0 Å². The van der Waals surface area contributed by atoms with Gasteiger partial charge in [0, 0.05) is 11.4 Å². The molecule has 0 spiro atoms. The first-order chi connectivity index (χ1) is 15.4. The molecule has 0 saturated carbocycles. The average Bonchev–Trinajstić information content (AvgIpc) is 2.77. The van der Waals surface area contributed by atoms with Gasteiger partial charge in [0.25, 0.3) is 5.56 Å². The average molecular weight is 428 g/mol. The van der Waals surface area contributed by atoms with Crippen LogP contribution in [-0.2, 0) is 0 Å². The van der Waals surface area contributed by atoms with Gasteiger partial charge < -0.3 is 15.4 Å². The van der Waals surface area contributed by atoms with Crippen LogP contribution in [0.3, 0.4) is 0 Å². The monoisotopic (exact) mass is 428 g/mol. The largest absolute Gasteiger partial charge is 0.494 e. The van der Waals surface area contributed by atoms with Crippen LogP contribution in [0, 0.1) is 13.8 Å². The maximum Gasteiger partial charge on any atom is 0.323 e. The van der Waals surface area contributed by atoms with Crippen molar-refractivity contribution in [3.63, 3.8) is 0 Å². The topological polar surface area (TPSA) is 85.2 Å². The minimum Gasteiger partial charge on any atom is -0.494 e. The van der Waals surface area contributed by atoms with Gasteiger partial charge in [0.2, 0.25) is 0 Å². The summed E-state index contributed by atoms with van der Waals surface area (Å²) in [4.78, 5) is 30.2. The number of amides is 2. The maximum absolute atomic E-state index is 13.2. The molecular weight excluding hydrogens is 404 g/mol. The number of nitrogens with one attached hydrogen (secondary N) is 2. The number of fused-ring (bicyclic) bond motifs is 1. The van der Waals surface area contributed by atoms with Crippen LogP contribution in [0.2, 0.25) is 0 Å². The van der Waals surface area contributed by atoms with Crippen molar-refractivity contribution in [2.45, 2.75) is 20.8 Å². The third kappa shape index (κ3) is 4.46. The van der Waals surface area contributed by atoms with Crippen molar-refractivity contribution in [2.24, 2.45) is 0 Å². The third-order valence-corrected chi connectivity index (χ3v) is 5.01. The first-order valence-corrected chi connectivity index (χ1v) is 10.4. The molecule has 0 bridgehead atoms. The van der Waals surface area contributed by atoms with Gasteiger partial charge in [-0.05, 0) is 75.4 Å². The number of nitrogens with zero attached hydrogens (tertiary/aromatic N) is 2. The molecule has 0 saturated heterocycles. The summed E-state index contributed by atoms with van der Waals surface area (Å²) in [5, 5.41) is 5.97. The third-order valence-electron chi connectivity index (χ3n) is 5.01. The van der Waals surface area contributed by atoms with E-state index in [-0.39, 0.29) is 5.56 Å². The summed E-state index contributed by atoms with van der Waals surface area (Å²) in [6.07, 6.45) is 0. The number of rotatable bonds is 5. The highest BCUT2D eigenvalue weighted by molar-refractivity contribution is 6.00. The second kappa shape index (κ2) is 8.93. The molecular formula is C25H24N4O3. The molecule has 4 rings (SSSR count). The molecule has 0 atom stereocenters. The lowest BCUT2D eigenvalue weighted by Gasteiger charge is -2.12. The molecule has 162 valence electrons. The highest BCUT2D eigenvalue weighted by atomic mass is 16.5. The molecule has 0 aliphatic rings. The lowest BCUT2D eigenvalue weighted by Crippen LogP contribution is -2.23. The zero-order chi connectivity index (χ0) is 22.7. The van der Waals surface area contributed by atoms with Gasteiger partial charge in [0.05, 0.1) is 23.2 Å². The highest BCUT2D eigenvalue weighted by Crippen LogP contribution is 2.19. The Morgan fingerprint density at radius 2 is 1.59 bits per heavy atom. The molecule has 2 N–H and O–H groups in total. The van der Waals surface area contributed by atoms with Crippen molar-refractivity contribution in [3.8, 4) is 11.4 Å². The van der Waals surface area contributed by atoms with Crippen molar-refractivity contribution in [2.75, 3.05) is 17.2 Å². The molecule has 0 fully saturated rings. The van der Waals surface area contributed by atoms with Gasteiger partial charge in [0.15, 0.2) is 0 Å². The highest BCUT2D eigenvalue weighted by Gasteiger charge is 2.12. The number of anilines is 2. The van der Waals surface area contributed by atoms with Gasteiger partial charge in [-0.3, -0.25) is 9.36 Å². The zero-order valence-corrected chi connectivity index (χ0v) is 18.2. The van der Waals surface area contributed by atoms with E-state index in [1.165, 1.54) is 0 Å². The number of aryl methyl sites for hydroxylation is 2. The Hall–Kier alpha value is -4.13. The molecule has 1 heterocycles. The molecule has 0 aliphatic heterocycles. The molecule has 0 unspecified atom stereocenters. The van der Waals surface area contributed by atoms with Crippen LogP contribution >= 0.6 is 0 Å². The van der Waals surface area contributed by atoms with Gasteiger partial charge in [-0.2, -0.15) is 0 Å². The Morgan fingerprint density at radius 1 is 0.938 bits per heavy atom. The summed E-state index contributed by atoms with van der Waals surface area (Å²) < 4.78 is 6.98. The van der Waals surface area contributed by atoms with Gasteiger partial charge in [-0.15, -0.1) is 0 Å². The van der Waals surface area contributed by atoms with Crippen molar-refractivity contribution >= 4 is 28.3 Å². The fraction of sp³-hybridized carbons (Fsp3) is 0.160. The number of carbonyl (C=O) groups is 1. The summed E-state index contributed by atoms with van der Waals surface area (Å²) >= 11 is 0. The summed E-state index contributed by atoms with van der Waals surface area (Å²) in [5.41, 5.74) is 3.38. The molecule has 32 heavy (non-hydrogen) atoms. The Morgan fingerprint density at radius 3 is 2.28 bits per heavy atom. The van der Waals surface area contributed by atoms with E-state index in [1.54, 1.807) is 54.0 Å². The summed E-state index contributed by atoms with van der Waals surface area (Å²) in [5.74, 6) is 1.33. The predicted octanol–water partition coefficient (Wildman–Crippen LogP) is 5.05. The predicted molar refractivity (Wildman–Crippen MR) is 127 cm³/mol. The zero-order valence-electron chi connectivity index (χ0n) is 18.2. The van der Waals surface area contributed by atoms with Gasteiger partial charge >= 0.3 is 6.03 Å². The van der Waals surface area contributed by atoms with E-state index in [0.29, 0.717) is 34.7 Å². The van der Waals surface area contributed by atoms with E-state index in [4.69, 9.17) is 4.74 Å². The fourth-order valence-corrected chi connectivity index (χ4v) is 3.47. The van der Waals surface area contributed by atoms with E-state index in [1.807, 2.05) is 38.1 Å².